The van der Waals surface area contributed by atoms with Crippen LogP contribution in [0.1, 0.15) is 26.1 Å². The van der Waals surface area contributed by atoms with Gasteiger partial charge in [-0.1, -0.05) is 12.1 Å². The van der Waals surface area contributed by atoms with Crippen LogP contribution in [0.25, 0.3) is 11.5 Å². The Kier molecular flexibility index (Phi) is 3.08. The predicted molar refractivity (Wildman–Crippen MR) is 65.6 cm³/mol. The lowest BCUT2D eigenvalue weighted by molar-refractivity contribution is -0.0106. The van der Waals surface area contributed by atoms with Gasteiger partial charge in [0.2, 0.25) is 5.82 Å². The van der Waals surface area contributed by atoms with Crippen LogP contribution in [0.5, 0.6) is 0 Å². The molecule has 0 radical (unpaired) electrons. The van der Waals surface area contributed by atoms with Gasteiger partial charge in [0.1, 0.15) is 17.0 Å². The summed E-state index contributed by atoms with van der Waals surface area (Å²) in [5, 5.41) is 7.99. The number of methoxy groups -OCH3 is 1. The van der Waals surface area contributed by atoms with E-state index in [0.717, 1.165) is 6.42 Å². The summed E-state index contributed by atoms with van der Waals surface area (Å²) in [6, 6.07) is 0. The van der Waals surface area contributed by atoms with Crippen LogP contribution in [-0.4, -0.2) is 27.0 Å². The van der Waals surface area contributed by atoms with Crippen molar-refractivity contribution < 1.29 is 9.26 Å². The molecule has 0 aliphatic carbocycles. The molecule has 2 N–H and O–H groups in total. The van der Waals surface area contributed by atoms with Crippen molar-refractivity contribution >= 4 is 5.82 Å². The molecule has 7 heteroatoms. The molecule has 1 atom stereocenters. The first-order valence-corrected chi connectivity index (χ1v) is 5.69. The van der Waals surface area contributed by atoms with E-state index in [4.69, 9.17) is 15.0 Å². The van der Waals surface area contributed by atoms with E-state index in [2.05, 4.69) is 15.2 Å². The second-order valence-electron chi connectivity index (χ2n) is 4.28. The van der Waals surface area contributed by atoms with Gasteiger partial charge in [0, 0.05) is 14.2 Å². The summed E-state index contributed by atoms with van der Waals surface area (Å²) in [5.41, 5.74) is 5.93. The maximum Gasteiger partial charge on any atom is 0.263 e. The topological polar surface area (TPSA) is 92.0 Å². The summed E-state index contributed by atoms with van der Waals surface area (Å²) < 4.78 is 12.2. The molecule has 1 unspecified atom stereocenters. The standard InChI is InChI=1S/C11H17N5O2/c1-5-11(2,17-4)10-14-9(18-15-10)7-6-13-16(3)8(7)12/h6H,5,12H2,1-4H3. The number of nitrogens with two attached hydrogens (primary N) is 1. The maximum atomic E-state index is 5.86. The molecular weight excluding hydrogens is 234 g/mol. The second-order valence-corrected chi connectivity index (χ2v) is 4.28. The third kappa shape index (κ3) is 1.86. The Morgan fingerprint density at radius 2 is 2.28 bits per heavy atom. The van der Waals surface area contributed by atoms with Crippen LogP contribution in [0.15, 0.2) is 10.7 Å². The largest absolute Gasteiger partial charge is 0.383 e. The van der Waals surface area contributed by atoms with Gasteiger partial charge in [0.05, 0.1) is 6.20 Å². The highest BCUT2D eigenvalue weighted by atomic mass is 16.5. The van der Waals surface area contributed by atoms with E-state index < -0.39 is 5.60 Å². The second kappa shape index (κ2) is 4.41. The van der Waals surface area contributed by atoms with E-state index in [1.54, 1.807) is 25.0 Å². The summed E-state index contributed by atoms with van der Waals surface area (Å²) in [6.07, 6.45) is 2.34. The van der Waals surface area contributed by atoms with Gasteiger partial charge in [-0.3, -0.25) is 4.68 Å². The monoisotopic (exact) mass is 251 g/mol. The lowest BCUT2D eigenvalue weighted by Gasteiger charge is -2.21. The van der Waals surface area contributed by atoms with E-state index in [0.29, 0.717) is 23.1 Å². The molecule has 0 aromatic carbocycles. The van der Waals surface area contributed by atoms with Gasteiger partial charge in [0.15, 0.2) is 0 Å². The molecule has 2 heterocycles. The summed E-state index contributed by atoms with van der Waals surface area (Å²) >= 11 is 0. The first-order chi connectivity index (χ1) is 8.51. The third-order valence-electron chi connectivity index (χ3n) is 3.24. The maximum absolute atomic E-state index is 5.86. The highest BCUT2D eigenvalue weighted by Crippen LogP contribution is 2.29. The molecule has 18 heavy (non-hydrogen) atoms. The molecule has 2 aromatic heterocycles. The van der Waals surface area contributed by atoms with Gasteiger partial charge >= 0.3 is 0 Å². The smallest absolute Gasteiger partial charge is 0.263 e. The van der Waals surface area contributed by atoms with Gasteiger partial charge in [-0.25, -0.2) is 0 Å². The summed E-state index contributed by atoms with van der Waals surface area (Å²) in [5.74, 6) is 1.35. The number of rotatable bonds is 4. The molecule has 0 bridgehead atoms. The minimum atomic E-state index is -0.557. The van der Waals surface area contributed by atoms with Gasteiger partial charge in [-0.05, 0) is 13.3 Å². The molecule has 0 saturated carbocycles. The quantitative estimate of drug-likeness (QED) is 0.881. The molecule has 0 amide bonds. The van der Waals surface area contributed by atoms with Crippen molar-refractivity contribution in [1.29, 1.82) is 0 Å². The summed E-state index contributed by atoms with van der Waals surface area (Å²) in [6.45, 7) is 3.91. The SMILES string of the molecule is CCC(C)(OC)c1noc(-c2cnn(C)c2N)n1. The number of aryl methyl sites for hydroxylation is 1. The number of hydrogen-bond acceptors (Lipinski definition) is 6. The molecule has 0 fully saturated rings. The van der Waals surface area contributed by atoms with Crippen molar-refractivity contribution in [3.8, 4) is 11.5 Å². The zero-order chi connectivity index (χ0) is 13.3. The summed E-state index contributed by atoms with van der Waals surface area (Å²) in [4.78, 5) is 4.33. The Morgan fingerprint density at radius 3 is 2.78 bits per heavy atom. The van der Waals surface area contributed by atoms with Crippen LogP contribution in [0.2, 0.25) is 0 Å². The fraction of sp³-hybridized carbons (Fsp3) is 0.545. The van der Waals surface area contributed by atoms with Crippen molar-refractivity contribution in [2.45, 2.75) is 25.9 Å². The van der Waals surface area contributed by atoms with Crippen molar-refractivity contribution in [2.24, 2.45) is 7.05 Å². The fourth-order valence-electron chi connectivity index (χ4n) is 1.55. The van der Waals surface area contributed by atoms with Gasteiger partial charge in [-0.2, -0.15) is 10.1 Å². The molecule has 0 saturated heterocycles. The van der Waals surface area contributed by atoms with Crippen LogP contribution in [0.3, 0.4) is 0 Å². The Balaban J connectivity index is 2.39. The molecule has 2 rings (SSSR count). The van der Waals surface area contributed by atoms with Crippen molar-refractivity contribution in [1.82, 2.24) is 19.9 Å². The molecule has 2 aromatic rings. The van der Waals surface area contributed by atoms with E-state index in [1.165, 1.54) is 0 Å². The van der Waals surface area contributed by atoms with Gasteiger partial charge < -0.3 is 15.0 Å². The number of nitrogen functional groups attached to an aromatic ring is 1. The van der Waals surface area contributed by atoms with Crippen molar-refractivity contribution in [3.05, 3.63) is 12.0 Å². The van der Waals surface area contributed by atoms with Crippen LogP contribution in [0.4, 0.5) is 5.82 Å². The molecule has 7 nitrogen and oxygen atoms in total. The van der Waals surface area contributed by atoms with Crippen LogP contribution >= 0.6 is 0 Å². The van der Waals surface area contributed by atoms with Gasteiger partial charge in [-0.15, -0.1) is 0 Å². The van der Waals surface area contributed by atoms with Crippen molar-refractivity contribution in [3.63, 3.8) is 0 Å². The number of anilines is 1. The number of aromatic nitrogens is 4. The average Bonchev–Trinajstić information content (AvgIpc) is 2.98. The molecule has 98 valence electrons. The lowest BCUT2D eigenvalue weighted by Crippen LogP contribution is -2.24. The Hall–Kier alpha value is -1.89. The molecule has 0 aliphatic rings. The summed E-state index contributed by atoms with van der Waals surface area (Å²) in [7, 11) is 3.37. The van der Waals surface area contributed by atoms with Crippen LogP contribution in [0, 0.1) is 0 Å². The van der Waals surface area contributed by atoms with Gasteiger partial charge in [0.25, 0.3) is 5.89 Å². The predicted octanol–water partition coefficient (Wildman–Crippen LogP) is 1.32. The Bertz CT molecular complexity index is 541. The number of ether oxygens (including phenoxy) is 1. The minimum absolute atomic E-state index is 0.354. The normalized spacial score (nSPS) is 14.7. The number of nitrogens with zero attached hydrogens (tertiary/aromatic N) is 4. The highest BCUT2D eigenvalue weighted by Gasteiger charge is 2.30. The Labute approximate surface area is 105 Å². The zero-order valence-electron chi connectivity index (χ0n) is 11.0. The third-order valence-corrected chi connectivity index (χ3v) is 3.24. The minimum Gasteiger partial charge on any atom is -0.383 e. The van der Waals surface area contributed by atoms with E-state index in [1.807, 2.05) is 13.8 Å². The molecule has 0 aliphatic heterocycles. The van der Waals surface area contributed by atoms with Crippen LogP contribution in [-0.2, 0) is 17.4 Å². The number of hydrogen-bond donors (Lipinski definition) is 1. The first kappa shape index (κ1) is 12.6. The van der Waals surface area contributed by atoms with E-state index in [9.17, 15) is 0 Å². The fourth-order valence-corrected chi connectivity index (χ4v) is 1.55. The van der Waals surface area contributed by atoms with E-state index >= 15 is 0 Å². The average molecular weight is 251 g/mol. The highest BCUT2D eigenvalue weighted by molar-refractivity contribution is 5.66. The lowest BCUT2D eigenvalue weighted by atomic mass is 10.0. The van der Waals surface area contributed by atoms with Crippen molar-refractivity contribution in [2.75, 3.05) is 12.8 Å². The molecular formula is C11H17N5O2. The molecule has 0 spiro atoms. The Morgan fingerprint density at radius 1 is 1.56 bits per heavy atom. The first-order valence-electron chi connectivity index (χ1n) is 5.69. The van der Waals surface area contributed by atoms with Crippen LogP contribution < -0.4 is 5.73 Å². The zero-order valence-corrected chi connectivity index (χ0v) is 11.0. The van der Waals surface area contributed by atoms with E-state index in [-0.39, 0.29) is 0 Å².